The molecule has 2 fully saturated rings. The number of likely N-dealkylation sites (tertiary alicyclic amines) is 1. The van der Waals surface area contributed by atoms with Crippen molar-refractivity contribution in [2.24, 2.45) is 0 Å². The Morgan fingerprint density at radius 3 is 2.26 bits per heavy atom. The lowest BCUT2D eigenvalue weighted by Gasteiger charge is -2.40. The zero-order valence-corrected chi connectivity index (χ0v) is 17.8. The summed E-state index contributed by atoms with van der Waals surface area (Å²) in [5.74, 6) is 0.0261. The van der Waals surface area contributed by atoms with Gasteiger partial charge in [-0.1, -0.05) is 29.8 Å². The second-order valence-electron chi connectivity index (χ2n) is 8.07. The summed E-state index contributed by atoms with van der Waals surface area (Å²) in [5, 5.41) is -0.283. The van der Waals surface area contributed by atoms with Crippen molar-refractivity contribution >= 4 is 17.5 Å². The standard InChI is InChI=1S/C23H23ClF3NO3/c1-30-22(13-31-14-22)18-5-2-16(3-6-18)21(29)28-10-8-15(9-11-28)17-4-7-19(20(24)12-17)23(25,26)27/h2-7,12,15H,8-11,13-14H2,1H3. The van der Waals surface area contributed by atoms with Crippen molar-refractivity contribution in [1.82, 2.24) is 4.90 Å². The number of alkyl halides is 3. The maximum Gasteiger partial charge on any atom is 0.417 e. The SMILES string of the molecule is COC1(c2ccc(C(=O)N3CCC(c4ccc(C(F)(F)F)c(Cl)c4)CC3)cc2)COC1. The molecule has 0 unspecified atom stereocenters. The van der Waals surface area contributed by atoms with Crippen molar-refractivity contribution < 1.29 is 27.4 Å². The smallest absolute Gasteiger partial charge is 0.375 e. The normalized spacial score (nSPS) is 19.2. The van der Waals surface area contributed by atoms with Crippen LogP contribution in [-0.2, 0) is 21.3 Å². The second-order valence-corrected chi connectivity index (χ2v) is 8.48. The number of carbonyl (C=O) groups excluding carboxylic acids is 1. The van der Waals surface area contributed by atoms with Crippen molar-refractivity contribution in [3.63, 3.8) is 0 Å². The molecule has 2 saturated heterocycles. The van der Waals surface area contributed by atoms with Gasteiger partial charge in [0.2, 0.25) is 0 Å². The Bertz CT molecular complexity index is 944. The monoisotopic (exact) mass is 453 g/mol. The number of amides is 1. The quantitative estimate of drug-likeness (QED) is 0.634. The Hall–Kier alpha value is -2.09. The Labute approximate surface area is 183 Å². The molecule has 4 rings (SSSR count). The summed E-state index contributed by atoms with van der Waals surface area (Å²) in [6.45, 7) is 2.08. The third-order valence-electron chi connectivity index (χ3n) is 6.27. The lowest BCUT2D eigenvalue weighted by molar-refractivity contribution is -0.202. The number of piperidine rings is 1. The highest BCUT2D eigenvalue weighted by Crippen LogP contribution is 2.38. The molecule has 2 aliphatic heterocycles. The van der Waals surface area contributed by atoms with Gasteiger partial charge < -0.3 is 14.4 Å². The van der Waals surface area contributed by atoms with E-state index in [4.69, 9.17) is 21.1 Å². The average Bonchev–Trinajstić information content (AvgIpc) is 2.72. The minimum Gasteiger partial charge on any atom is -0.375 e. The van der Waals surface area contributed by atoms with Gasteiger partial charge in [-0.15, -0.1) is 0 Å². The summed E-state index contributed by atoms with van der Waals surface area (Å²) in [4.78, 5) is 14.7. The number of carbonyl (C=O) groups is 1. The van der Waals surface area contributed by atoms with Gasteiger partial charge in [0, 0.05) is 25.8 Å². The summed E-state index contributed by atoms with van der Waals surface area (Å²) in [5.41, 5.74) is 1.12. The fraction of sp³-hybridized carbons (Fsp3) is 0.435. The van der Waals surface area contributed by atoms with Gasteiger partial charge in [0.05, 0.1) is 23.8 Å². The van der Waals surface area contributed by atoms with Gasteiger partial charge >= 0.3 is 6.18 Å². The molecule has 0 aromatic heterocycles. The fourth-order valence-electron chi connectivity index (χ4n) is 4.22. The summed E-state index contributed by atoms with van der Waals surface area (Å²) in [6.07, 6.45) is -3.11. The van der Waals surface area contributed by atoms with E-state index in [-0.39, 0.29) is 16.8 Å². The van der Waals surface area contributed by atoms with Crippen LogP contribution in [0.2, 0.25) is 5.02 Å². The molecule has 0 radical (unpaired) electrons. The van der Waals surface area contributed by atoms with E-state index in [1.54, 1.807) is 24.1 Å². The van der Waals surface area contributed by atoms with Crippen LogP contribution in [0.25, 0.3) is 0 Å². The van der Waals surface area contributed by atoms with Crippen LogP contribution in [0.3, 0.4) is 0 Å². The molecule has 0 saturated carbocycles. The average molecular weight is 454 g/mol. The zero-order chi connectivity index (χ0) is 22.2. The highest BCUT2D eigenvalue weighted by atomic mass is 35.5. The molecule has 0 spiro atoms. The molecule has 31 heavy (non-hydrogen) atoms. The van der Waals surface area contributed by atoms with Crippen molar-refractivity contribution in [1.29, 1.82) is 0 Å². The molecule has 0 aliphatic carbocycles. The maximum atomic E-state index is 12.9. The number of hydrogen-bond acceptors (Lipinski definition) is 3. The molecule has 1 amide bonds. The van der Waals surface area contributed by atoms with E-state index in [1.807, 2.05) is 12.1 Å². The van der Waals surface area contributed by atoms with Crippen LogP contribution in [0.1, 0.15) is 45.8 Å². The van der Waals surface area contributed by atoms with E-state index < -0.39 is 17.3 Å². The molecular weight excluding hydrogens is 431 g/mol. The Morgan fingerprint density at radius 1 is 1.13 bits per heavy atom. The number of nitrogens with zero attached hydrogens (tertiary/aromatic N) is 1. The molecule has 2 aliphatic rings. The van der Waals surface area contributed by atoms with E-state index >= 15 is 0 Å². The van der Waals surface area contributed by atoms with Crippen LogP contribution >= 0.6 is 11.6 Å². The summed E-state index contributed by atoms with van der Waals surface area (Å²) in [6, 6.07) is 11.3. The van der Waals surface area contributed by atoms with Gasteiger partial charge in [-0.3, -0.25) is 4.79 Å². The molecule has 4 nitrogen and oxygen atoms in total. The summed E-state index contributed by atoms with van der Waals surface area (Å²) in [7, 11) is 1.65. The topological polar surface area (TPSA) is 38.8 Å². The number of benzene rings is 2. The first-order valence-electron chi connectivity index (χ1n) is 10.1. The third kappa shape index (κ3) is 4.31. The van der Waals surface area contributed by atoms with Crippen molar-refractivity contribution in [3.8, 4) is 0 Å². The lowest BCUT2D eigenvalue weighted by atomic mass is 9.88. The molecule has 2 heterocycles. The number of halogens is 4. The van der Waals surface area contributed by atoms with Crippen molar-refractivity contribution in [2.75, 3.05) is 33.4 Å². The Morgan fingerprint density at radius 2 is 1.77 bits per heavy atom. The van der Waals surface area contributed by atoms with Gasteiger partial charge in [-0.05, 0) is 54.2 Å². The van der Waals surface area contributed by atoms with Gasteiger partial charge in [0.15, 0.2) is 0 Å². The second kappa shape index (κ2) is 8.45. The summed E-state index contributed by atoms with van der Waals surface area (Å²) < 4.78 is 49.6. The molecule has 0 bridgehead atoms. The fourth-order valence-corrected chi connectivity index (χ4v) is 4.52. The van der Waals surface area contributed by atoms with Gasteiger partial charge in [0.25, 0.3) is 5.91 Å². The number of rotatable bonds is 4. The molecule has 2 aromatic rings. The molecule has 0 atom stereocenters. The Balaban J connectivity index is 1.38. The predicted octanol–water partition coefficient (Wildman–Crippen LogP) is 5.25. The minimum absolute atomic E-state index is 0.0493. The predicted molar refractivity (Wildman–Crippen MR) is 110 cm³/mol. The minimum atomic E-state index is -4.46. The molecule has 2 aromatic carbocycles. The van der Waals surface area contributed by atoms with Crippen molar-refractivity contribution in [2.45, 2.75) is 30.5 Å². The van der Waals surface area contributed by atoms with Crippen LogP contribution in [0, 0.1) is 0 Å². The number of ether oxygens (including phenoxy) is 2. The maximum absolute atomic E-state index is 12.9. The zero-order valence-electron chi connectivity index (χ0n) is 17.0. The van der Waals surface area contributed by atoms with Crippen LogP contribution in [-0.4, -0.2) is 44.2 Å². The third-order valence-corrected chi connectivity index (χ3v) is 6.58. The van der Waals surface area contributed by atoms with E-state index in [1.165, 1.54) is 12.1 Å². The molecule has 8 heteroatoms. The van der Waals surface area contributed by atoms with Crippen LogP contribution < -0.4 is 0 Å². The highest BCUT2D eigenvalue weighted by molar-refractivity contribution is 6.31. The molecule has 0 N–H and O–H groups in total. The lowest BCUT2D eigenvalue weighted by Crippen LogP contribution is -2.48. The molecule has 166 valence electrons. The number of methoxy groups -OCH3 is 1. The summed E-state index contributed by atoms with van der Waals surface area (Å²) >= 11 is 5.86. The first-order chi connectivity index (χ1) is 14.7. The van der Waals surface area contributed by atoms with E-state index in [2.05, 4.69) is 0 Å². The van der Waals surface area contributed by atoms with E-state index in [0.29, 0.717) is 44.7 Å². The van der Waals surface area contributed by atoms with Crippen LogP contribution in [0.5, 0.6) is 0 Å². The first-order valence-corrected chi connectivity index (χ1v) is 10.5. The van der Waals surface area contributed by atoms with E-state index in [9.17, 15) is 18.0 Å². The van der Waals surface area contributed by atoms with Crippen LogP contribution in [0.15, 0.2) is 42.5 Å². The van der Waals surface area contributed by atoms with Gasteiger partial charge in [-0.2, -0.15) is 13.2 Å². The highest BCUT2D eigenvalue weighted by Gasteiger charge is 2.40. The van der Waals surface area contributed by atoms with E-state index in [0.717, 1.165) is 17.2 Å². The first kappa shape index (κ1) is 22.1. The van der Waals surface area contributed by atoms with Crippen molar-refractivity contribution in [3.05, 3.63) is 69.7 Å². The van der Waals surface area contributed by atoms with Gasteiger partial charge in [0.1, 0.15) is 5.60 Å². The van der Waals surface area contributed by atoms with Gasteiger partial charge in [-0.25, -0.2) is 0 Å². The molecular formula is C23H23ClF3NO3. The Kier molecular flexibility index (Phi) is 6.03. The number of hydrogen-bond donors (Lipinski definition) is 0. The van der Waals surface area contributed by atoms with Crippen LogP contribution in [0.4, 0.5) is 13.2 Å². The largest absolute Gasteiger partial charge is 0.417 e.